The van der Waals surface area contributed by atoms with Crippen molar-refractivity contribution >= 4 is 6.09 Å². The number of carbonyl (C=O) groups is 1. The van der Waals surface area contributed by atoms with Crippen molar-refractivity contribution in [2.45, 2.75) is 33.9 Å². The molecular formula is C28H28N2O4. The van der Waals surface area contributed by atoms with E-state index in [0.717, 1.165) is 33.9 Å². The number of aromatic nitrogens is 1. The van der Waals surface area contributed by atoms with Crippen LogP contribution in [0.4, 0.5) is 4.79 Å². The van der Waals surface area contributed by atoms with E-state index in [1.54, 1.807) is 17.0 Å². The third kappa shape index (κ3) is 5.84. The Morgan fingerprint density at radius 1 is 0.912 bits per heavy atom. The molecule has 0 radical (unpaired) electrons. The zero-order valence-electron chi connectivity index (χ0n) is 19.7. The molecule has 1 amide bonds. The molecule has 0 aliphatic rings. The topological polar surface area (TPSA) is 64.8 Å². The van der Waals surface area contributed by atoms with Gasteiger partial charge in [0.15, 0.2) is 0 Å². The third-order valence-electron chi connectivity index (χ3n) is 5.45. The molecule has 0 N–H and O–H groups in total. The Bertz CT molecular complexity index is 1220. The molecule has 0 saturated carbocycles. The first-order valence-electron chi connectivity index (χ1n) is 11.3. The predicted molar refractivity (Wildman–Crippen MR) is 131 cm³/mol. The van der Waals surface area contributed by atoms with Crippen LogP contribution in [0.1, 0.15) is 29.5 Å². The van der Waals surface area contributed by atoms with Crippen LogP contribution < -0.4 is 9.47 Å². The van der Waals surface area contributed by atoms with Gasteiger partial charge >= 0.3 is 6.09 Å². The van der Waals surface area contributed by atoms with Crippen molar-refractivity contribution in [2.75, 3.05) is 6.54 Å². The minimum Gasteiger partial charge on any atom is -0.487 e. The van der Waals surface area contributed by atoms with Gasteiger partial charge in [0.2, 0.25) is 5.89 Å². The van der Waals surface area contributed by atoms with Crippen LogP contribution in [0.15, 0.2) is 83.3 Å². The summed E-state index contributed by atoms with van der Waals surface area (Å²) in [7, 11) is 0. The van der Waals surface area contributed by atoms with Crippen molar-refractivity contribution in [1.82, 2.24) is 9.88 Å². The lowest BCUT2D eigenvalue weighted by Crippen LogP contribution is -2.32. The smallest absolute Gasteiger partial charge is 0.415 e. The summed E-state index contributed by atoms with van der Waals surface area (Å²) in [6.45, 7) is 7.11. The maximum absolute atomic E-state index is 12.6. The van der Waals surface area contributed by atoms with Crippen molar-refractivity contribution in [3.05, 3.63) is 101 Å². The predicted octanol–water partition coefficient (Wildman–Crippen LogP) is 6.56. The second kappa shape index (κ2) is 10.7. The van der Waals surface area contributed by atoms with Gasteiger partial charge < -0.3 is 18.8 Å². The fourth-order valence-electron chi connectivity index (χ4n) is 3.41. The minimum absolute atomic E-state index is 0.311. The van der Waals surface area contributed by atoms with Crippen LogP contribution in [-0.4, -0.2) is 22.5 Å². The highest BCUT2D eigenvalue weighted by Gasteiger charge is 2.15. The standard InChI is InChI=1S/C28H28N2O4/c1-4-30(28(31)34-25-14-10-20(2)11-15-25)18-22-12-16-24(17-13-22)32-19-26-21(3)33-27(29-26)23-8-6-5-7-9-23/h5-17H,4,18-19H2,1-3H3. The number of carbonyl (C=O) groups excluding carboxylic acids is 1. The van der Waals surface area contributed by atoms with Gasteiger partial charge in [-0.05, 0) is 62.7 Å². The quantitative estimate of drug-likeness (QED) is 0.300. The first-order valence-corrected chi connectivity index (χ1v) is 11.3. The summed E-state index contributed by atoms with van der Waals surface area (Å²) in [5, 5.41) is 0. The summed E-state index contributed by atoms with van der Waals surface area (Å²) >= 11 is 0. The van der Waals surface area contributed by atoms with Gasteiger partial charge in [-0.15, -0.1) is 0 Å². The summed E-state index contributed by atoms with van der Waals surface area (Å²) in [6.07, 6.45) is -0.373. The molecule has 4 aromatic rings. The molecule has 0 saturated heterocycles. The number of amides is 1. The first-order chi connectivity index (χ1) is 16.5. The van der Waals surface area contributed by atoms with E-state index in [9.17, 15) is 4.79 Å². The van der Waals surface area contributed by atoms with Gasteiger partial charge in [0.25, 0.3) is 0 Å². The van der Waals surface area contributed by atoms with E-state index in [0.29, 0.717) is 31.3 Å². The van der Waals surface area contributed by atoms with Crippen molar-refractivity contribution in [1.29, 1.82) is 0 Å². The highest BCUT2D eigenvalue weighted by atomic mass is 16.6. The fraction of sp³-hybridized carbons (Fsp3) is 0.214. The van der Waals surface area contributed by atoms with Gasteiger partial charge in [0, 0.05) is 18.7 Å². The number of benzene rings is 3. The molecule has 6 nitrogen and oxygen atoms in total. The van der Waals surface area contributed by atoms with Crippen LogP contribution in [0.25, 0.3) is 11.5 Å². The average molecular weight is 457 g/mol. The minimum atomic E-state index is -0.373. The summed E-state index contributed by atoms with van der Waals surface area (Å²) in [6, 6.07) is 24.9. The third-order valence-corrected chi connectivity index (χ3v) is 5.45. The second-order valence-electron chi connectivity index (χ2n) is 8.02. The van der Waals surface area contributed by atoms with Gasteiger partial charge in [-0.3, -0.25) is 0 Å². The van der Waals surface area contributed by atoms with E-state index in [2.05, 4.69) is 4.98 Å². The highest BCUT2D eigenvalue weighted by molar-refractivity contribution is 5.70. The van der Waals surface area contributed by atoms with Crippen molar-refractivity contribution in [2.24, 2.45) is 0 Å². The Labute approximate surface area is 199 Å². The van der Waals surface area contributed by atoms with Crippen LogP contribution in [0.3, 0.4) is 0 Å². The fourth-order valence-corrected chi connectivity index (χ4v) is 3.41. The van der Waals surface area contributed by atoms with Crippen molar-refractivity contribution < 1.29 is 18.7 Å². The zero-order valence-corrected chi connectivity index (χ0v) is 19.7. The molecule has 1 heterocycles. The van der Waals surface area contributed by atoms with E-state index in [1.165, 1.54) is 0 Å². The van der Waals surface area contributed by atoms with E-state index in [-0.39, 0.29) is 6.09 Å². The molecule has 0 bridgehead atoms. The molecule has 0 unspecified atom stereocenters. The summed E-state index contributed by atoms with van der Waals surface area (Å²) in [5.74, 6) is 2.58. The van der Waals surface area contributed by atoms with Crippen LogP contribution in [-0.2, 0) is 13.2 Å². The highest BCUT2D eigenvalue weighted by Crippen LogP contribution is 2.23. The van der Waals surface area contributed by atoms with Gasteiger partial charge in [-0.1, -0.05) is 48.0 Å². The second-order valence-corrected chi connectivity index (χ2v) is 8.02. The molecule has 1 aromatic heterocycles. The van der Waals surface area contributed by atoms with E-state index >= 15 is 0 Å². The maximum Gasteiger partial charge on any atom is 0.415 e. The van der Waals surface area contributed by atoms with Crippen molar-refractivity contribution in [3.63, 3.8) is 0 Å². The monoisotopic (exact) mass is 456 g/mol. The number of rotatable bonds is 8. The first kappa shape index (κ1) is 23.1. The zero-order chi connectivity index (χ0) is 23.9. The number of hydrogen-bond donors (Lipinski definition) is 0. The van der Waals surface area contributed by atoms with Gasteiger partial charge in [-0.25, -0.2) is 9.78 Å². The molecule has 0 spiro atoms. The number of oxazole rings is 1. The average Bonchev–Trinajstić information content (AvgIpc) is 3.24. The molecule has 6 heteroatoms. The molecule has 4 rings (SSSR count). The number of hydrogen-bond acceptors (Lipinski definition) is 5. The van der Waals surface area contributed by atoms with Gasteiger partial charge in [0.1, 0.15) is 29.6 Å². The van der Waals surface area contributed by atoms with Gasteiger partial charge in [0.05, 0.1) is 0 Å². The largest absolute Gasteiger partial charge is 0.487 e. The molecule has 174 valence electrons. The number of nitrogens with zero attached hydrogens (tertiary/aromatic N) is 2. The van der Waals surface area contributed by atoms with Crippen LogP contribution >= 0.6 is 0 Å². The molecule has 0 aliphatic carbocycles. The lowest BCUT2D eigenvalue weighted by Gasteiger charge is -2.20. The van der Waals surface area contributed by atoms with Crippen molar-refractivity contribution in [3.8, 4) is 23.0 Å². The van der Waals surface area contributed by atoms with Gasteiger partial charge in [-0.2, -0.15) is 0 Å². The Hall–Kier alpha value is -4.06. The Morgan fingerprint density at radius 3 is 2.26 bits per heavy atom. The molecule has 3 aromatic carbocycles. The van der Waals surface area contributed by atoms with Crippen LogP contribution in [0.2, 0.25) is 0 Å². The number of ether oxygens (including phenoxy) is 2. The van der Waals surface area contributed by atoms with Crippen LogP contribution in [0.5, 0.6) is 11.5 Å². The molecule has 0 fully saturated rings. The number of aryl methyl sites for hydroxylation is 2. The molecule has 0 aliphatic heterocycles. The lowest BCUT2D eigenvalue weighted by atomic mass is 10.2. The van der Waals surface area contributed by atoms with Crippen LogP contribution in [0, 0.1) is 13.8 Å². The molecule has 34 heavy (non-hydrogen) atoms. The normalized spacial score (nSPS) is 10.7. The summed E-state index contributed by atoms with van der Waals surface area (Å²) in [4.78, 5) is 18.8. The van der Waals surface area contributed by atoms with E-state index < -0.39 is 0 Å². The Balaban J connectivity index is 1.33. The lowest BCUT2D eigenvalue weighted by molar-refractivity contribution is 0.152. The molecule has 0 atom stereocenters. The van der Waals surface area contributed by atoms with E-state index in [1.807, 2.05) is 87.5 Å². The van der Waals surface area contributed by atoms with E-state index in [4.69, 9.17) is 13.9 Å². The SMILES string of the molecule is CCN(Cc1ccc(OCc2nc(-c3ccccc3)oc2C)cc1)C(=O)Oc1ccc(C)cc1. The summed E-state index contributed by atoms with van der Waals surface area (Å²) < 4.78 is 17.2. The maximum atomic E-state index is 12.6. The Morgan fingerprint density at radius 2 is 1.59 bits per heavy atom. The Kier molecular flexibility index (Phi) is 7.28. The summed E-state index contributed by atoms with van der Waals surface area (Å²) in [5.41, 5.74) is 3.80. The molecular weight excluding hydrogens is 428 g/mol.